The van der Waals surface area contributed by atoms with E-state index in [0.29, 0.717) is 0 Å². The van der Waals surface area contributed by atoms with Crippen LogP contribution in [-0.2, 0) is 9.31 Å². The molecule has 2 nitrogen and oxygen atoms in total. The van der Waals surface area contributed by atoms with E-state index in [2.05, 4.69) is 63.4 Å². The quantitative estimate of drug-likeness (QED) is 0.783. The maximum absolute atomic E-state index is 6.16. The average Bonchev–Trinajstić information content (AvgIpc) is 2.94. The Morgan fingerprint density at radius 2 is 1.50 bits per heavy atom. The van der Waals surface area contributed by atoms with E-state index in [9.17, 15) is 0 Å². The highest BCUT2D eigenvalue weighted by molar-refractivity contribution is 7.21. The summed E-state index contributed by atoms with van der Waals surface area (Å²) in [5.41, 5.74) is 1.82. The Morgan fingerprint density at radius 3 is 2.10 bits per heavy atom. The van der Waals surface area contributed by atoms with Gasteiger partial charge in [0.2, 0.25) is 0 Å². The molecule has 1 aromatic heterocycles. The number of hydrogen-bond donors (Lipinski definition) is 0. The molecule has 0 bridgehead atoms. The van der Waals surface area contributed by atoms with Crippen molar-refractivity contribution in [1.29, 1.82) is 0 Å². The van der Waals surface area contributed by atoms with Crippen LogP contribution in [0.3, 0.4) is 0 Å². The fourth-order valence-electron chi connectivity index (χ4n) is 2.31. The largest absolute Gasteiger partial charge is 0.506 e. The molecule has 1 aromatic carbocycles. The lowest BCUT2D eigenvalue weighted by Crippen LogP contribution is -2.41. The van der Waals surface area contributed by atoms with Gasteiger partial charge in [-0.3, -0.25) is 0 Å². The van der Waals surface area contributed by atoms with E-state index in [-0.39, 0.29) is 18.3 Å². The maximum atomic E-state index is 6.16. The normalized spacial score (nSPS) is 20.3. The SMILES string of the molecule is CC1(C)OB(c2sccc2-c2ccccc2)OC1(C)C. The van der Waals surface area contributed by atoms with Crippen LogP contribution >= 0.6 is 11.3 Å². The highest BCUT2D eigenvalue weighted by Gasteiger charge is 2.52. The Balaban J connectivity index is 1.96. The van der Waals surface area contributed by atoms with Gasteiger partial charge in [0.1, 0.15) is 0 Å². The van der Waals surface area contributed by atoms with E-state index in [0.717, 1.165) is 4.78 Å². The lowest BCUT2D eigenvalue weighted by molar-refractivity contribution is 0.00578. The van der Waals surface area contributed by atoms with Crippen LogP contribution in [0.25, 0.3) is 11.1 Å². The summed E-state index contributed by atoms with van der Waals surface area (Å²) in [6.45, 7) is 8.34. The highest BCUT2D eigenvalue weighted by Crippen LogP contribution is 2.37. The van der Waals surface area contributed by atoms with E-state index in [4.69, 9.17) is 9.31 Å². The van der Waals surface area contributed by atoms with Crippen LogP contribution in [0, 0.1) is 0 Å². The number of hydrogen-bond acceptors (Lipinski definition) is 3. The summed E-state index contributed by atoms with van der Waals surface area (Å²) < 4.78 is 13.5. The molecule has 0 N–H and O–H groups in total. The van der Waals surface area contributed by atoms with Crippen LogP contribution in [0.4, 0.5) is 0 Å². The third kappa shape index (κ3) is 2.22. The topological polar surface area (TPSA) is 18.5 Å². The molecule has 4 heteroatoms. The second-order valence-electron chi connectivity index (χ2n) is 6.15. The van der Waals surface area contributed by atoms with Gasteiger partial charge >= 0.3 is 7.12 Å². The van der Waals surface area contributed by atoms with Crippen LogP contribution in [0.5, 0.6) is 0 Å². The van der Waals surface area contributed by atoms with Crippen molar-refractivity contribution in [1.82, 2.24) is 0 Å². The zero-order valence-corrected chi connectivity index (χ0v) is 13.2. The first-order valence-corrected chi connectivity index (χ1v) is 7.77. The molecule has 0 atom stereocenters. The third-order valence-electron chi connectivity index (χ3n) is 4.25. The fraction of sp³-hybridized carbons (Fsp3) is 0.375. The molecule has 20 heavy (non-hydrogen) atoms. The van der Waals surface area contributed by atoms with E-state index in [1.807, 2.05) is 6.07 Å². The smallest absolute Gasteiger partial charge is 0.399 e. The minimum Gasteiger partial charge on any atom is -0.399 e. The van der Waals surface area contributed by atoms with E-state index in [1.54, 1.807) is 11.3 Å². The maximum Gasteiger partial charge on any atom is 0.506 e. The molecule has 0 amide bonds. The minimum atomic E-state index is -0.296. The predicted octanol–water partition coefficient (Wildman–Crippen LogP) is 3.71. The standard InChI is InChI=1S/C16H19BO2S/c1-15(2)16(3,4)19-17(18-15)14-13(10-11-20-14)12-8-6-5-7-9-12/h5-11H,1-4H3. The third-order valence-corrected chi connectivity index (χ3v) is 5.19. The van der Waals surface area contributed by atoms with Crippen molar-refractivity contribution in [3.8, 4) is 11.1 Å². The minimum absolute atomic E-state index is 0.282. The molecule has 1 saturated heterocycles. The van der Waals surface area contributed by atoms with Crippen LogP contribution in [0.15, 0.2) is 41.8 Å². The molecule has 104 valence electrons. The van der Waals surface area contributed by atoms with Crippen LogP contribution in [-0.4, -0.2) is 18.3 Å². The molecule has 1 aliphatic rings. The zero-order valence-electron chi connectivity index (χ0n) is 12.3. The lowest BCUT2D eigenvalue weighted by atomic mass is 9.83. The monoisotopic (exact) mass is 286 g/mol. The summed E-state index contributed by atoms with van der Waals surface area (Å²) >= 11 is 1.69. The molecule has 0 aliphatic carbocycles. The number of benzene rings is 1. The molecule has 0 radical (unpaired) electrons. The van der Waals surface area contributed by atoms with Gasteiger partial charge in [0, 0.05) is 4.78 Å². The van der Waals surface area contributed by atoms with Gasteiger partial charge in [-0.2, -0.15) is 11.3 Å². The first kappa shape index (κ1) is 13.9. The molecule has 2 aromatic rings. The summed E-state index contributed by atoms with van der Waals surface area (Å²) in [5, 5.41) is 2.10. The fourth-order valence-corrected chi connectivity index (χ4v) is 3.18. The zero-order chi connectivity index (χ0) is 14.4. The van der Waals surface area contributed by atoms with E-state index in [1.165, 1.54) is 11.1 Å². The number of rotatable bonds is 2. The molecule has 0 saturated carbocycles. The summed E-state index contributed by atoms with van der Waals surface area (Å²) in [7, 11) is -0.282. The van der Waals surface area contributed by atoms with Crippen molar-refractivity contribution in [2.24, 2.45) is 0 Å². The molecule has 1 aliphatic heterocycles. The average molecular weight is 286 g/mol. The van der Waals surface area contributed by atoms with Crippen molar-refractivity contribution >= 4 is 23.2 Å². The van der Waals surface area contributed by atoms with Crippen LogP contribution < -0.4 is 4.78 Å². The first-order chi connectivity index (χ1) is 9.41. The van der Waals surface area contributed by atoms with Gasteiger partial charge in [-0.15, -0.1) is 0 Å². The van der Waals surface area contributed by atoms with E-state index < -0.39 is 0 Å². The summed E-state index contributed by atoms with van der Waals surface area (Å²) in [6, 6.07) is 12.5. The predicted molar refractivity (Wildman–Crippen MR) is 85.5 cm³/mol. The van der Waals surface area contributed by atoms with Crippen molar-refractivity contribution < 1.29 is 9.31 Å². The first-order valence-electron chi connectivity index (χ1n) is 6.89. The second-order valence-corrected chi connectivity index (χ2v) is 7.10. The van der Waals surface area contributed by atoms with Crippen LogP contribution in [0.2, 0.25) is 0 Å². The Labute approximate surface area is 124 Å². The second kappa shape index (κ2) is 4.73. The van der Waals surface area contributed by atoms with Gasteiger partial charge in [0.05, 0.1) is 11.2 Å². The molecular formula is C16H19BO2S. The van der Waals surface area contributed by atoms with Crippen molar-refractivity contribution in [3.05, 3.63) is 41.8 Å². The van der Waals surface area contributed by atoms with Gasteiger partial charge in [0.25, 0.3) is 0 Å². The van der Waals surface area contributed by atoms with Crippen molar-refractivity contribution in [2.75, 3.05) is 0 Å². The molecular weight excluding hydrogens is 267 g/mol. The van der Waals surface area contributed by atoms with Gasteiger partial charge in [-0.1, -0.05) is 30.3 Å². The molecule has 1 fully saturated rings. The van der Waals surface area contributed by atoms with E-state index >= 15 is 0 Å². The Hall–Kier alpha value is -1.10. The van der Waals surface area contributed by atoms with Crippen LogP contribution in [0.1, 0.15) is 27.7 Å². The van der Waals surface area contributed by atoms with Crippen molar-refractivity contribution in [2.45, 2.75) is 38.9 Å². The summed E-state index contributed by atoms with van der Waals surface area (Å²) in [4.78, 5) is 0. The lowest BCUT2D eigenvalue weighted by Gasteiger charge is -2.32. The van der Waals surface area contributed by atoms with Gasteiger partial charge in [0.15, 0.2) is 0 Å². The molecule has 3 rings (SSSR count). The Kier molecular flexibility index (Phi) is 3.28. The Morgan fingerprint density at radius 1 is 0.900 bits per heavy atom. The van der Waals surface area contributed by atoms with Gasteiger partial charge in [-0.05, 0) is 50.3 Å². The van der Waals surface area contributed by atoms with Gasteiger partial charge < -0.3 is 9.31 Å². The molecule has 0 spiro atoms. The summed E-state index contributed by atoms with van der Waals surface area (Å²) in [5.74, 6) is 0. The summed E-state index contributed by atoms with van der Waals surface area (Å²) in [6.07, 6.45) is 0. The number of thiophene rings is 1. The highest BCUT2D eigenvalue weighted by atomic mass is 32.1. The molecule has 0 unspecified atom stereocenters. The van der Waals surface area contributed by atoms with Gasteiger partial charge in [-0.25, -0.2) is 0 Å². The molecule has 2 heterocycles. The Bertz CT molecular complexity index is 588. The van der Waals surface area contributed by atoms with Crippen molar-refractivity contribution in [3.63, 3.8) is 0 Å².